The molecule has 6 nitrogen and oxygen atoms in total. The third-order valence-corrected chi connectivity index (χ3v) is 5.34. The molecular formula is C20H28N4O2S. The van der Waals surface area contributed by atoms with Crippen LogP contribution in [0.1, 0.15) is 29.3 Å². The summed E-state index contributed by atoms with van der Waals surface area (Å²) in [6.45, 7) is 7.80. The molecule has 0 bridgehead atoms. The molecule has 0 radical (unpaired) electrons. The van der Waals surface area contributed by atoms with Crippen LogP contribution in [0.15, 0.2) is 46.4 Å². The Morgan fingerprint density at radius 1 is 1.11 bits per heavy atom. The van der Waals surface area contributed by atoms with E-state index in [1.807, 2.05) is 45.2 Å². The smallest absolute Gasteiger partial charge is 0.191 e. The lowest BCUT2D eigenvalue weighted by molar-refractivity contribution is 0.601. The summed E-state index contributed by atoms with van der Waals surface area (Å²) in [5, 5.41) is 6.55. The van der Waals surface area contributed by atoms with Gasteiger partial charge < -0.3 is 10.6 Å². The van der Waals surface area contributed by atoms with Crippen LogP contribution in [-0.2, 0) is 22.8 Å². The van der Waals surface area contributed by atoms with E-state index >= 15 is 0 Å². The molecule has 0 unspecified atom stereocenters. The molecular weight excluding hydrogens is 360 g/mol. The van der Waals surface area contributed by atoms with Crippen LogP contribution in [0.4, 0.5) is 0 Å². The zero-order valence-electron chi connectivity index (χ0n) is 16.4. The van der Waals surface area contributed by atoms with Gasteiger partial charge in [0.2, 0.25) is 0 Å². The zero-order chi connectivity index (χ0) is 19.9. The number of nitrogens with one attached hydrogen (secondary N) is 2. The quantitative estimate of drug-likeness (QED) is 0.562. The van der Waals surface area contributed by atoms with Crippen molar-refractivity contribution >= 4 is 15.8 Å². The van der Waals surface area contributed by atoms with E-state index in [0.29, 0.717) is 11.4 Å². The van der Waals surface area contributed by atoms with Crippen molar-refractivity contribution in [1.29, 1.82) is 0 Å². The van der Waals surface area contributed by atoms with Gasteiger partial charge in [-0.1, -0.05) is 18.2 Å². The average Bonchev–Trinajstić information content (AvgIpc) is 2.60. The standard InChI is InChI=1S/C20H28N4O2S/c1-5-21-20(22-11-10-17-7-6-16(3)23-13-17)24-14-18-8-9-19(15(2)12-18)27(4,25)26/h6-9,12-13H,5,10-11,14H2,1-4H3,(H2,21,22,24). The van der Waals surface area contributed by atoms with E-state index in [-0.39, 0.29) is 0 Å². The van der Waals surface area contributed by atoms with E-state index in [1.54, 1.807) is 6.07 Å². The summed E-state index contributed by atoms with van der Waals surface area (Å²) < 4.78 is 23.4. The van der Waals surface area contributed by atoms with Gasteiger partial charge in [0.05, 0.1) is 11.4 Å². The summed E-state index contributed by atoms with van der Waals surface area (Å²) in [4.78, 5) is 9.26. The van der Waals surface area contributed by atoms with Gasteiger partial charge in [0.15, 0.2) is 15.8 Å². The SMILES string of the molecule is CCNC(=NCc1ccc(S(C)(=O)=O)c(C)c1)NCCc1ccc(C)nc1. The van der Waals surface area contributed by atoms with Crippen molar-refractivity contribution in [3.8, 4) is 0 Å². The van der Waals surface area contributed by atoms with Crippen molar-refractivity contribution in [3.05, 3.63) is 58.9 Å². The average molecular weight is 389 g/mol. The Morgan fingerprint density at radius 2 is 1.85 bits per heavy atom. The highest BCUT2D eigenvalue weighted by molar-refractivity contribution is 7.90. The molecule has 7 heteroatoms. The number of hydrogen-bond donors (Lipinski definition) is 2. The molecule has 0 atom stereocenters. The fourth-order valence-electron chi connectivity index (χ4n) is 2.71. The molecule has 0 amide bonds. The highest BCUT2D eigenvalue weighted by atomic mass is 32.2. The topological polar surface area (TPSA) is 83.5 Å². The predicted octanol–water partition coefficient (Wildman–Crippen LogP) is 2.40. The van der Waals surface area contributed by atoms with Crippen LogP contribution in [0.3, 0.4) is 0 Å². The molecule has 2 N–H and O–H groups in total. The Morgan fingerprint density at radius 3 is 2.44 bits per heavy atom. The summed E-state index contributed by atoms with van der Waals surface area (Å²) in [5.41, 5.74) is 3.91. The molecule has 0 aliphatic carbocycles. The normalized spacial score (nSPS) is 12.1. The first-order chi connectivity index (χ1) is 12.8. The number of aliphatic imine (C=N–C) groups is 1. The first-order valence-electron chi connectivity index (χ1n) is 9.03. The number of rotatable bonds is 7. The third kappa shape index (κ3) is 6.67. The Kier molecular flexibility index (Phi) is 7.36. The van der Waals surface area contributed by atoms with E-state index in [9.17, 15) is 8.42 Å². The number of hydrogen-bond acceptors (Lipinski definition) is 4. The second-order valence-electron chi connectivity index (χ2n) is 6.55. The number of benzene rings is 1. The molecule has 1 aromatic carbocycles. The summed E-state index contributed by atoms with van der Waals surface area (Å²) in [6.07, 6.45) is 3.98. The fraction of sp³-hybridized carbons (Fsp3) is 0.400. The highest BCUT2D eigenvalue weighted by Gasteiger charge is 2.10. The molecule has 0 spiro atoms. The molecule has 0 aliphatic heterocycles. The molecule has 2 aromatic rings. The van der Waals surface area contributed by atoms with Gasteiger partial charge in [0.25, 0.3) is 0 Å². The third-order valence-electron chi connectivity index (χ3n) is 4.08. The fourth-order valence-corrected chi connectivity index (χ4v) is 3.67. The number of aryl methyl sites for hydroxylation is 2. The minimum absolute atomic E-state index is 0.368. The second-order valence-corrected chi connectivity index (χ2v) is 8.54. The molecule has 1 aromatic heterocycles. The molecule has 0 saturated carbocycles. The van der Waals surface area contributed by atoms with Crippen LogP contribution in [0.5, 0.6) is 0 Å². The lowest BCUT2D eigenvalue weighted by Gasteiger charge is -2.12. The van der Waals surface area contributed by atoms with E-state index in [0.717, 1.165) is 42.3 Å². The Bertz CT molecular complexity index is 891. The van der Waals surface area contributed by atoms with Crippen molar-refractivity contribution < 1.29 is 8.42 Å². The van der Waals surface area contributed by atoms with Crippen molar-refractivity contribution in [3.63, 3.8) is 0 Å². The largest absolute Gasteiger partial charge is 0.357 e. The van der Waals surface area contributed by atoms with Crippen LogP contribution in [0.2, 0.25) is 0 Å². The molecule has 146 valence electrons. The highest BCUT2D eigenvalue weighted by Crippen LogP contribution is 2.17. The van der Waals surface area contributed by atoms with Crippen LogP contribution in [-0.4, -0.2) is 38.7 Å². The Hall–Kier alpha value is -2.41. The number of guanidine groups is 1. The van der Waals surface area contributed by atoms with E-state index in [4.69, 9.17) is 0 Å². The molecule has 0 aliphatic rings. The van der Waals surface area contributed by atoms with Crippen molar-refractivity contribution in [2.45, 2.75) is 38.6 Å². The van der Waals surface area contributed by atoms with Crippen molar-refractivity contribution in [2.24, 2.45) is 4.99 Å². The number of nitrogens with zero attached hydrogens (tertiary/aromatic N) is 2. The monoisotopic (exact) mass is 388 g/mol. The number of pyridine rings is 1. The Balaban J connectivity index is 1.98. The summed E-state index contributed by atoms with van der Waals surface area (Å²) in [6, 6.07) is 9.44. The van der Waals surface area contributed by atoms with Gasteiger partial charge >= 0.3 is 0 Å². The van der Waals surface area contributed by atoms with Gasteiger partial charge in [-0.05, 0) is 56.0 Å². The summed E-state index contributed by atoms with van der Waals surface area (Å²) in [7, 11) is -3.20. The second kappa shape index (κ2) is 9.50. The lowest BCUT2D eigenvalue weighted by Crippen LogP contribution is -2.38. The van der Waals surface area contributed by atoms with Crippen LogP contribution >= 0.6 is 0 Å². The maximum atomic E-state index is 11.7. The van der Waals surface area contributed by atoms with Crippen molar-refractivity contribution in [2.75, 3.05) is 19.3 Å². The van der Waals surface area contributed by atoms with Gasteiger partial charge in [0, 0.05) is 31.2 Å². The first kappa shape index (κ1) is 20.9. The van der Waals surface area contributed by atoms with E-state index < -0.39 is 9.84 Å². The van der Waals surface area contributed by atoms with Gasteiger partial charge in [-0.15, -0.1) is 0 Å². The molecule has 0 saturated heterocycles. The number of sulfone groups is 1. The van der Waals surface area contributed by atoms with E-state index in [2.05, 4.69) is 26.7 Å². The predicted molar refractivity (Wildman–Crippen MR) is 110 cm³/mol. The number of aromatic nitrogens is 1. The van der Waals surface area contributed by atoms with Gasteiger partial charge in [-0.25, -0.2) is 13.4 Å². The maximum Gasteiger partial charge on any atom is 0.191 e. The lowest BCUT2D eigenvalue weighted by atomic mass is 10.1. The van der Waals surface area contributed by atoms with E-state index in [1.165, 1.54) is 11.8 Å². The minimum Gasteiger partial charge on any atom is -0.357 e. The van der Waals surface area contributed by atoms with Crippen molar-refractivity contribution in [1.82, 2.24) is 15.6 Å². The minimum atomic E-state index is -3.20. The van der Waals surface area contributed by atoms with Crippen LogP contribution < -0.4 is 10.6 Å². The molecule has 1 heterocycles. The molecule has 0 fully saturated rings. The first-order valence-corrected chi connectivity index (χ1v) is 10.9. The summed E-state index contributed by atoms with van der Waals surface area (Å²) >= 11 is 0. The van der Waals surface area contributed by atoms with Gasteiger partial charge in [-0.3, -0.25) is 4.98 Å². The summed E-state index contributed by atoms with van der Waals surface area (Å²) in [5.74, 6) is 0.738. The zero-order valence-corrected chi connectivity index (χ0v) is 17.2. The van der Waals surface area contributed by atoms with Crippen LogP contribution in [0.25, 0.3) is 0 Å². The molecule has 27 heavy (non-hydrogen) atoms. The Labute approximate surface area is 162 Å². The maximum absolute atomic E-state index is 11.7. The van der Waals surface area contributed by atoms with Crippen LogP contribution in [0, 0.1) is 13.8 Å². The van der Waals surface area contributed by atoms with Gasteiger partial charge in [0.1, 0.15) is 0 Å². The van der Waals surface area contributed by atoms with Gasteiger partial charge in [-0.2, -0.15) is 0 Å². The molecule has 2 rings (SSSR count).